The molecule has 226 valence electrons. The van der Waals surface area contributed by atoms with E-state index < -0.39 is 0 Å². The standard InChI is InChI=1S/C31H53N5O3S/c1-4-6-8-10-12-13-15-17-20-26(19-16-14-11-9-7-5-2)24-32-30(37)34-35-31-33-29(36-40-31)28-22-18-21-27(23-28)25-39-38-3/h18,21-23,26H,4-17,19-20,24-25H2,1-3H3,(H2,32,34,37)(H,33,35,36). The van der Waals surface area contributed by atoms with Crippen molar-refractivity contribution < 1.29 is 14.6 Å². The predicted octanol–water partition coefficient (Wildman–Crippen LogP) is 8.81. The lowest BCUT2D eigenvalue weighted by Crippen LogP contribution is -2.41. The highest BCUT2D eigenvalue weighted by Gasteiger charge is 2.12. The van der Waals surface area contributed by atoms with E-state index >= 15 is 0 Å². The van der Waals surface area contributed by atoms with Crippen LogP contribution < -0.4 is 16.2 Å². The molecule has 0 saturated carbocycles. The molecular formula is C31H53N5O3S. The molecule has 0 aliphatic rings. The predicted molar refractivity (Wildman–Crippen MR) is 166 cm³/mol. The number of unbranched alkanes of at least 4 members (excludes halogenated alkanes) is 12. The van der Waals surface area contributed by atoms with Gasteiger partial charge in [-0.05, 0) is 30.4 Å². The molecule has 1 atom stereocenters. The summed E-state index contributed by atoms with van der Waals surface area (Å²) in [7, 11) is 1.49. The Labute approximate surface area is 246 Å². The van der Waals surface area contributed by atoms with E-state index in [2.05, 4.69) is 44.3 Å². The molecule has 9 heteroatoms. The first kappa shape index (κ1) is 34.0. The number of benzene rings is 1. The van der Waals surface area contributed by atoms with Crippen LogP contribution in [-0.2, 0) is 16.4 Å². The van der Waals surface area contributed by atoms with Gasteiger partial charge >= 0.3 is 6.03 Å². The normalized spacial score (nSPS) is 11.9. The molecule has 0 spiro atoms. The third-order valence-corrected chi connectivity index (χ3v) is 7.85. The number of carbonyl (C=O) groups is 1. The highest BCUT2D eigenvalue weighted by atomic mass is 32.1. The quantitative estimate of drug-likeness (QED) is 0.0657. The number of anilines is 1. The van der Waals surface area contributed by atoms with E-state index in [0.717, 1.165) is 11.1 Å². The second-order valence-corrected chi connectivity index (χ2v) is 11.5. The number of nitrogens with zero attached hydrogens (tertiary/aromatic N) is 2. The summed E-state index contributed by atoms with van der Waals surface area (Å²) in [6, 6.07) is 7.55. The first-order chi connectivity index (χ1) is 19.7. The number of amides is 2. The number of rotatable bonds is 24. The van der Waals surface area contributed by atoms with E-state index in [1.165, 1.54) is 121 Å². The van der Waals surface area contributed by atoms with Crippen LogP contribution in [0.5, 0.6) is 0 Å². The molecule has 40 heavy (non-hydrogen) atoms. The van der Waals surface area contributed by atoms with Crippen LogP contribution in [0.15, 0.2) is 24.3 Å². The summed E-state index contributed by atoms with van der Waals surface area (Å²) in [5.41, 5.74) is 7.46. The fraction of sp³-hybridized carbons (Fsp3) is 0.710. The minimum absolute atomic E-state index is 0.237. The molecule has 2 aromatic rings. The minimum atomic E-state index is -0.237. The molecule has 0 radical (unpaired) electrons. The molecule has 2 amide bonds. The third kappa shape index (κ3) is 15.5. The Morgan fingerprint density at radius 3 is 2.15 bits per heavy atom. The smallest absolute Gasteiger partial charge is 0.333 e. The maximum Gasteiger partial charge on any atom is 0.333 e. The molecule has 1 heterocycles. The maximum atomic E-state index is 12.5. The van der Waals surface area contributed by atoms with Gasteiger partial charge in [0.15, 0.2) is 5.82 Å². The molecule has 1 aromatic carbocycles. The van der Waals surface area contributed by atoms with E-state index in [4.69, 9.17) is 4.89 Å². The summed E-state index contributed by atoms with van der Waals surface area (Å²) in [4.78, 5) is 26.7. The SMILES string of the molecule is CCCCCCCCCCC(CCCCCCCC)CNC(=O)NNc1nc(-c2cccc(COOC)c2)ns1. The van der Waals surface area contributed by atoms with Crippen LogP contribution in [0.1, 0.15) is 122 Å². The van der Waals surface area contributed by atoms with E-state index in [1.54, 1.807) is 0 Å². The average Bonchev–Trinajstić information content (AvgIpc) is 3.45. The van der Waals surface area contributed by atoms with Crippen LogP contribution >= 0.6 is 11.5 Å². The van der Waals surface area contributed by atoms with Crippen molar-refractivity contribution in [2.45, 2.75) is 123 Å². The lowest BCUT2D eigenvalue weighted by Gasteiger charge is -2.18. The number of carbonyl (C=O) groups excluding carboxylic acids is 1. The monoisotopic (exact) mass is 575 g/mol. The number of hydrazine groups is 1. The number of hydrogen-bond acceptors (Lipinski definition) is 7. The Kier molecular flexibility index (Phi) is 19.1. The van der Waals surface area contributed by atoms with Crippen molar-refractivity contribution in [1.82, 2.24) is 20.1 Å². The molecule has 0 bridgehead atoms. The zero-order chi connectivity index (χ0) is 28.7. The van der Waals surface area contributed by atoms with Crippen LogP contribution in [0.25, 0.3) is 11.4 Å². The van der Waals surface area contributed by atoms with Gasteiger partial charge in [-0.1, -0.05) is 122 Å². The van der Waals surface area contributed by atoms with Gasteiger partial charge in [0.2, 0.25) is 5.13 Å². The van der Waals surface area contributed by atoms with Crippen LogP contribution in [0.2, 0.25) is 0 Å². The molecule has 1 aromatic heterocycles. The van der Waals surface area contributed by atoms with Crippen molar-refractivity contribution in [2.75, 3.05) is 19.1 Å². The zero-order valence-corrected chi connectivity index (χ0v) is 26.0. The van der Waals surface area contributed by atoms with Gasteiger partial charge in [-0.25, -0.2) is 20.0 Å². The Balaban J connectivity index is 1.73. The van der Waals surface area contributed by atoms with Crippen LogP contribution in [-0.4, -0.2) is 29.0 Å². The molecule has 0 aliphatic carbocycles. The van der Waals surface area contributed by atoms with Gasteiger partial charge in [0.1, 0.15) is 6.61 Å². The van der Waals surface area contributed by atoms with Gasteiger partial charge < -0.3 is 5.32 Å². The van der Waals surface area contributed by atoms with Crippen LogP contribution in [0, 0.1) is 5.92 Å². The molecular weight excluding hydrogens is 522 g/mol. The van der Waals surface area contributed by atoms with Crippen LogP contribution in [0.3, 0.4) is 0 Å². The number of hydrogen-bond donors (Lipinski definition) is 3. The Morgan fingerprint density at radius 2 is 1.52 bits per heavy atom. The highest BCUT2D eigenvalue weighted by Crippen LogP contribution is 2.22. The minimum Gasteiger partial charge on any atom is -0.336 e. The van der Waals surface area contributed by atoms with Crippen molar-refractivity contribution in [3.8, 4) is 11.4 Å². The lowest BCUT2D eigenvalue weighted by molar-refractivity contribution is -0.282. The summed E-state index contributed by atoms with van der Waals surface area (Å²) in [5, 5.41) is 3.61. The van der Waals surface area contributed by atoms with E-state index in [-0.39, 0.29) is 6.03 Å². The summed E-state index contributed by atoms with van der Waals surface area (Å²) >= 11 is 1.20. The number of urea groups is 1. The Morgan fingerprint density at radius 1 is 0.900 bits per heavy atom. The molecule has 0 aliphatic heterocycles. The first-order valence-electron chi connectivity index (χ1n) is 15.5. The van der Waals surface area contributed by atoms with Gasteiger partial charge in [-0.3, -0.25) is 5.43 Å². The van der Waals surface area contributed by atoms with Crippen LogP contribution in [0.4, 0.5) is 9.93 Å². The fourth-order valence-corrected chi connectivity index (χ4v) is 5.38. The van der Waals surface area contributed by atoms with Crippen molar-refractivity contribution >= 4 is 22.7 Å². The Bertz CT molecular complexity index is 911. The van der Waals surface area contributed by atoms with Gasteiger partial charge in [0.05, 0.1) is 7.11 Å². The van der Waals surface area contributed by atoms with E-state index in [9.17, 15) is 4.79 Å². The first-order valence-corrected chi connectivity index (χ1v) is 16.3. The number of aromatic nitrogens is 2. The zero-order valence-electron chi connectivity index (χ0n) is 25.1. The largest absolute Gasteiger partial charge is 0.336 e. The number of nitrogens with one attached hydrogen (secondary N) is 3. The second kappa shape index (κ2) is 22.5. The molecule has 0 fully saturated rings. The third-order valence-electron chi connectivity index (χ3n) is 7.22. The average molecular weight is 576 g/mol. The summed E-state index contributed by atoms with van der Waals surface area (Å²) < 4.78 is 4.41. The van der Waals surface area contributed by atoms with Gasteiger partial charge in [-0.15, -0.1) is 0 Å². The molecule has 1 unspecified atom stereocenters. The van der Waals surface area contributed by atoms with E-state index in [0.29, 0.717) is 30.0 Å². The summed E-state index contributed by atoms with van der Waals surface area (Å²) in [6.07, 6.45) is 20.9. The molecule has 8 nitrogen and oxygen atoms in total. The molecule has 2 rings (SSSR count). The van der Waals surface area contributed by atoms with Crippen molar-refractivity contribution in [1.29, 1.82) is 0 Å². The van der Waals surface area contributed by atoms with E-state index in [1.807, 2.05) is 24.3 Å². The van der Waals surface area contributed by atoms with Crippen molar-refractivity contribution in [2.24, 2.45) is 5.92 Å². The lowest BCUT2D eigenvalue weighted by atomic mass is 9.94. The van der Waals surface area contributed by atoms with Gasteiger partial charge in [0, 0.05) is 23.6 Å². The van der Waals surface area contributed by atoms with Gasteiger partial charge in [-0.2, -0.15) is 9.36 Å². The van der Waals surface area contributed by atoms with Gasteiger partial charge in [0.25, 0.3) is 0 Å². The second-order valence-electron chi connectivity index (χ2n) is 10.7. The topological polar surface area (TPSA) is 97.4 Å². The maximum absolute atomic E-state index is 12.5. The Hall–Kier alpha value is -2.23. The highest BCUT2D eigenvalue weighted by molar-refractivity contribution is 7.09. The summed E-state index contributed by atoms with van der Waals surface area (Å²) in [5.74, 6) is 1.12. The fourth-order valence-electron chi connectivity index (χ4n) is 4.84. The molecule has 3 N–H and O–H groups in total. The van der Waals surface area contributed by atoms with Crippen molar-refractivity contribution in [3.05, 3.63) is 29.8 Å². The van der Waals surface area contributed by atoms with Crippen molar-refractivity contribution in [3.63, 3.8) is 0 Å². The summed E-state index contributed by atoms with van der Waals surface area (Å²) in [6.45, 7) is 5.58. The molecule has 0 saturated heterocycles.